The van der Waals surface area contributed by atoms with E-state index in [1.165, 1.54) is 18.2 Å². The number of nitrogens with one attached hydrogen (secondary N) is 1. The molecule has 2 rings (SSSR count). The number of carbonyl (C=O) groups is 1. The number of nitrogen functional groups attached to an aromatic ring is 1. The van der Waals surface area contributed by atoms with Gasteiger partial charge in [0.05, 0.1) is 10.6 Å². The van der Waals surface area contributed by atoms with E-state index in [4.69, 9.17) is 17.3 Å². The summed E-state index contributed by atoms with van der Waals surface area (Å²) in [5, 5.41) is 2.23. The Hall–Kier alpha value is -2.14. The lowest BCUT2D eigenvalue weighted by Crippen LogP contribution is -2.16. The first-order chi connectivity index (χ1) is 9.00. The summed E-state index contributed by atoms with van der Waals surface area (Å²) in [6.45, 7) is 0. The van der Waals surface area contributed by atoms with Gasteiger partial charge in [-0.05, 0) is 24.3 Å². The van der Waals surface area contributed by atoms with Gasteiger partial charge in [-0.15, -0.1) is 0 Å². The third-order valence-corrected chi connectivity index (χ3v) is 2.79. The molecule has 0 fully saturated rings. The molecule has 3 nitrogen and oxygen atoms in total. The lowest BCUT2D eigenvalue weighted by Gasteiger charge is -2.10. The van der Waals surface area contributed by atoms with E-state index >= 15 is 0 Å². The summed E-state index contributed by atoms with van der Waals surface area (Å²) in [4.78, 5) is 12.0. The lowest BCUT2D eigenvalue weighted by molar-refractivity contribution is 0.102. The molecule has 0 bridgehead atoms. The van der Waals surface area contributed by atoms with Crippen molar-refractivity contribution in [2.24, 2.45) is 0 Å². The number of nitrogens with two attached hydrogens (primary N) is 1. The second kappa shape index (κ2) is 5.24. The molecule has 98 valence electrons. The van der Waals surface area contributed by atoms with Crippen LogP contribution in [0, 0.1) is 11.6 Å². The van der Waals surface area contributed by atoms with Crippen LogP contribution in [0.15, 0.2) is 36.4 Å². The molecule has 0 aliphatic heterocycles. The van der Waals surface area contributed by atoms with Crippen LogP contribution in [0.1, 0.15) is 10.4 Å². The van der Waals surface area contributed by atoms with E-state index in [9.17, 15) is 13.6 Å². The molecule has 0 aliphatic rings. The summed E-state index contributed by atoms with van der Waals surface area (Å²) in [7, 11) is 0. The van der Waals surface area contributed by atoms with Gasteiger partial charge in [-0.3, -0.25) is 4.79 Å². The van der Waals surface area contributed by atoms with Gasteiger partial charge in [-0.25, -0.2) is 8.78 Å². The van der Waals surface area contributed by atoms with Gasteiger partial charge in [0.25, 0.3) is 5.91 Å². The van der Waals surface area contributed by atoms with Crippen LogP contribution in [-0.2, 0) is 0 Å². The molecular weight excluding hydrogens is 274 g/mol. The van der Waals surface area contributed by atoms with Crippen LogP contribution >= 0.6 is 11.6 Å². The maximum Gasteiger partial charge on any atom is 0.259 e. The van der Waals surface area contributed by atoms with Gasteiger partial charge in [0, 0.05) is 5.69 Å². The molecule has 0 aromatic heterocycles. The van der Waals surface area contributed by atoms with Gasteiger partial charge in [0.1, 0.15) is 17.3 Å². The SMILES string of the molecule is Nc1cccc(Cl)c1C(=O)Nc1c(F)cccc1F. The van der Waals surface area contributed by atoms with Crippen LogP contribution in [0.4, 0.5) is 20.2 Å². The number of rotatable bonds is 2. The van der Waals surface area contributed by atoms with Crippen molar-refractivity contribution < 1.29 is 13.6 Å². The molecule has 0 spiro atoms. The Balaban J connectivity index is 2.37. The van der Waals surface area contributed by atoms with E-state index < -0.39 is 23.2 Å². The number of hydrogen-bond donors (Lipinski definition) is 2. The fourth-order valence-corrected chi connectivity index (χ4v) is 1.84. The highest BCUT2D eigenvalue weighted by atomic mass is 35.5. The van der Waals surface area contributed by atoms with Crippen LogP contribution in [0.2, 0.25) is 5.02 Å². The van der Waals surface area contributed by atoms with E-state index in [0.717, 1.165) is 12.1 Å². The fraction of sp³-hybridized carbons (Fsp3) is 0. The topological polar surface area (TPSA) is 55.1 Å². The van der Waals surface area contributed by atoms with E-state index in [1.807, 2.05) is 0 Å². The summed E-state index contributed by atoms with van der Waals surface area (Å²) in [6, 6.07) is 7.77. The Morgan fingerprint density at radius 2 is 1.68 bits per heavy atom. The Kier molecular flexibility index (Phi) is 3.66. The Labute approximate surface area is 113 Å². The van der Waals surface area contributed by atoms with E-state index in [-0.39, 0.29) is 16.3 Å². The molecule has 6 heteroatoms. The normalized spacial score (nSPS) is 10.3. The minimum absolute atomic E-state index is 0.0215. The van der Waals surface area contributed by atoms with Crippen molar-refractivity contribution in [3.05, 3.63) is 58.6 Å². The van der Waals surface area contributed by atoms with Crippen molar-refractivity contribution >= 4 is 28.9 Å². The largest absolute Gasteiger partial charge is 0.398 e. The summed E-state index contributed by atoms with van der Waals surface area (Å²) in [5.74, 6) is -2.52. The fourth-order valence-electron chi connectivity index (χ4n) is 1.57. The molecule has 0 unspecified atom stereocenters. The van der Waals surface area contributed by atoms with Crippen LogP contribution in [0.25, 0.3) is 0 Å². The monoisotopic (exact) mass is 282 g/mol. The average Bonchev–Trinajstić information content (AvgIpc) is 2.34. The van der Waals surface area contributed by atoms with Crippen LogP contribution in [0.3, 0.4) is 0 Å². The molecule has 3 N–H and O–H groups in total. The zero-order chi connectivity index (χ0) is 14.0. The van der Waals surface area contributed by atoms with E-state index in [0.29, 0.717) is 0 Å². The predicted molar refractivity (Wildman–Crippen MR) is 70.2 cm³/mol. The van der Waals surface area contributed by atoms with Gasteiger partial charge in [0.2, 0.25) is 0 Å². The number of anilines is 2. The van der Waals surface area contributed by atoms with Crippen molar-refractivity contribution in [2.45, 2.75) is 0 Å². The van der Waals surface area contributed by atoms with E-state index in [2.05, 4.69) is 5.32 Å². The summed E-state index contributed by atoms with van der Waals surface area (Å²) in [6.07, 6.45) is 0. The van der Waals surface area contributed by atoms with E-state index in [1.54, 1.807) is 6.07 Å². The van der Waals surface area contributed by atoms with Gasteiger partial charge >= 0.3 is 0 Å². The predicted octanol–water partition coefficient (Wildman–Crippen LogP) is 3.45. The van der Waals surface area contributed by atoms with Crippen molar-refractivity contribution in [3.63, 3.8) is 0 Å². The van der Waals surface area contributed by atoms with Gasteiger partial charge in [0.15, 0.2) is 0 Å². The average molecular weight is 283 g/mol. The third kappa shape index (κ3) is 2.66. The van der Waals surface area contributed by atoms with Crippen LogP contribution in [-0.4, -0.2) is 5.91 Å². The summed E-state index contributed by atoms with van der Waals surface area (Å²) >= 11 is 5.84. The molecule has 2 aromatic rings. The summed E-state index contributed by atoms with van der Waals surface area (Å²) < 4.78 is 26.8. The first-order valence-corrected chi connectivity index (χ1v) is 5.68. The molecule has 19 heavy (non-hydrogen) atoms. The number of carbonyl (C=O) groups excluding carboxylic acids is 1. The standard InChI is InChI=1S/C13H9ClF2N2O/c14-7-3-1-6-10(17)11(7)13(19)18-12-8(15)4-2-5-9(12)16/h1-6H,17H2,(H,18,19). The van der Waals surface area contributed by atoms with Crippen LogP contribution < -0.4 is 11.1 Å². The van der Waals surface area contributed by atoms with Crippen molar-refractivity contribution in [1.82, 2.24) is 0 Å². The van der Waals surface area contributed by atoms with Gasteiger partial charge < -0.3 is 11.1 Å². The zero-order valence-electron chi connectivity index (χ0n) is 9.58. The lowest BCUT2D eigenvalue weighted by atomic mass is 10.1. The van der Waals surface area contributed by atoms with Crippen molar-refractivity contribution in [2.75, 3.05) is 11.1 Å². The molecule has 0 radical (unpaired) electrons. The Bertz CT molecular complexity index is 606. The first-order valence-electron chi connectivity index (χ1n) is 5.30. The Morgan fingerprint density at radius 1 is 1.11 bits per heavy atom. The maximum absolute atomic E-state index is 13.4. The molecular formula is C13H9ClF2N2O. The summed E-state index contributed by atoms with van der Waals surface area (Å²) in [5.41, 5.74) is 5.19. The molecule has 0 heterocycles. The number of para-hydroxylation sites is 1. The second-order valence-corrected chi connectivity index (χ2v) is 4.16. The molecule has 0 aliphatic carbocycles. The number of benzene rings is 2. The minimum atomic E-state index is -0.876. The second-order valence-electron chi connectivity index (χ2n) is 3.75. The number of amides is 1. The molecule has 0 atom stereocenters. The van der Waals surface area contributed by atoms with Crippen LogP contribution in [0.5, 0.6) is 0 Å². The molecule has 2 aromatic carbocycles. The van der Waals surface area contributed by atoms with Crippen molar-refractivity contribution in [1.29, 1.82) is 0 Å². The maximum atomic E-state index is 13.4. The van der Waals surface area contributed by atoms with Gasteiger partial charge in [-0.1, -0.05) is 23.7 Å². The van der Waals surface area contributed by atoms with Gasteiger partial charge in [-0.2, -0.15) is 0 Å². The molecule has 0 saturated carbocycles. The Morgan fingerprint density at radius 3 is 2.26 bits per heavy atom. The molecule has 0 saturated heterocycles. The zero-order valence-corrected chi connectivity index (χ0v) is 10.3. The smallest absolute Gasteiger partial charge is 0.259 e. The highest BCUT2D eigenvalue weighted by Gasteiger charge is 2.17. The first kappa shape index (κ1) is 13.3. The highest BCUT2D eigenvalue weighted by molar-refractivity contribution is 6.35. The van der Waals surface area contributed by atoms with Crippen molar-refractivity contribution in [3.8, 4) is 0 Å². The number of hydrogen-bond acceptors (Lipinski definition) is 2. The number of halogens is 3. The highest BCUT2D eigenvalue weighted by Crippen LogP contribution is 2.25. The minimum Gasteiger partial charge on any atom is -0.398 e. The third-order valence-electron chi connectivity index (χ3n) is 2.47. The quantitative estimate of drug-likeness (QED) is 0.829. The molecule has 1 amide bonds.